The highest BCUT2D eigenvalue weighted by molar-refractivity contribution is 7.92. The lowest BCUT2D eigenvalue weighted by Gasteiger charge is -2.26. The first-order valence-electron chi connectivity index (χ1n) is 9.92. The number of nitrogens with one attached hydrogen (secondary N) is 2. The molecule has 2 aromatic rings. The van der Waals surface area contributed by atoms with Gasteiger partial charge in [-0.3, -0.25) is 19.7 Å². The summed E-state index contributed by atoms with van der Waals surface area (Å²) < 4.78 is 34.0. The Labute approximate surface area is 175 Å². The average molecular weight is 429 g/mol. The molecule has 3 amide bonds. The molecular formula is C21H23N3O5S. The molecule has 0 radical (unpaired) electrons. The molecule has 2 N–H and O–H groups in total. The third-order valence-corrected chi connectivity index (χ3v) is 6.58. The molecule has 0 unspecified atom stereocenters. The molecule has 0 bridgehead atoms. The molecule has 2 fully saturated rings. The Hall–Kier alpha value is -3.07. The van der Waals surface area contributed by atoms with E-state index < -0.39 is 16.1 Å². The maximum atomic E-state index is 12.8. The van der Waals surface area contributed by atoms with Crippen molar-refractivity contribution in [2.45, 2.75) is 43.1 Å². The minimum Gasteiger partial charge on any atom is -0.490 e. The lowest BCUT2D eigenvalue weighted by atomic mass is 10.2. The van der Waals surface area contributed by atoms with Gasteiger partial charge in [0.25, 0.3) is 10.0 Å². The smallest absolute Gasteiger partial charge is 0.328 e. The molecule has 4 rings (SSSR count). The third kappa shape index (κ3) is 4.56. The van der Waals surface area contributed by atoms with Crippen LogP contribution in [-0.2, 0) is 14.8 Å². The van der Waals surface area contributed by atoms with Gasteiger partial charge in [0.15, 0.2) is 0 Å². The van der Waals surface area contributed by atoms with E-state index in [2.05, 4.69) is 10.0 Å². The predicted octanol–water partition coefficient (Wildman–Crippen LogP) is 3.26. The number of benzene rings is 2. The molecule has 1 saturated carbocycles. The van der Waals surface area contributed by atoms with E-state index in [1.54, 1.807) is 36.4 Å². The Morgan fingerprint density at radius 2 is 1.77 bits per heavy atom. The van der Waals surface area contributed by atoms with Crippen molar-refractivity contribution in [2.75, 3.05) is 16.2 Å². The van der Waals surface area contributed by atoms with Gasteiger partial charge in [0.05, 0.1) is 11.0 Å². The summed E-state index contributed by atoms with van der Waals surface area (Å²) in [6.07, 6.45) is 4.62. The van der Waals surface area contributed by atoms with Gasteiger partial charge in [-0.15, -0.1) is 0 Å². The molecule has 2 aromatic carbocycles. The zero-order valence-corrected chi connectivity index (χ0v) is 17.2. The van der Waals surface area contributed by atoms with E-state index in [0.717, 1.165) is 25.7 Å². The van der Waals surface area contributed by atoms with E-state index in [4.69, 9.17) is 4.74 Å². The maximum Gasteiger partial charge on any atom is 0.328 e. The minimum absolute atomic E-state index is 0.121. The van der Waals surface area contributed by atoms with Gasteiger partial charge in [-0.25, -0.2) is 13.2 Å². The van der Waals surface area contributed by atoms with Gasteiger partial charge in [0.2, 0.25) is 5.91 Å². The standard InChI is InChI=1S/C21H23N3O5S/c25-20-12-13-24(21(26)22-20)16-10-8-15(9-11-16)23-30(27,28)19-7-3-6-18(14-19)29-17-4-1-2-5-17/h3,6-11,14,17,23H,1-2,4-5,12-13H2,(H,22,25,26). The quantitative estimate of drug-likeness (QED) is 0.733. The van der Waals surface area contributed by atoms with Crippen molar-refractivity contribution in [3.05, 3.63) is 48.5 Å². The topological polar surface area (TPSA) is 105 Å². The fraction of sp³-hybridized carbons (Fsp3) is 0.333. The Kier molecular flexibility index (Phi) is 5.63. The number of urea groups is 1. The summed E-state index contributed by atoms with van der Waals surface area (Å²) in [7, 11) is -3.79. The normalized spacial score (nSPS) is 17.7. The van der Waals surface area contributed by atoms with Crippen LogP contribution in [0.3, 0.4) is 0 Å². The summed E-state index contributed by atoms with van der Waals surface area (Å²) in [6, 6.07) is 12.4. The van der Waals surface area contributed by atoms with Gasteiger partial charge in [0.1, 0.15) is 5.75 Å². The van der Waals surface area contributed by atoms with E-state index in [1.807, 2.05) is 0 Å². The summed E-state index contributed by atoms with van der Waals surface area (Å²) in [4.78, 5) is 24.8. The molecule has 30 heavy (non-hydrogen) atoms. The van der Waals surface area contributed by atoms with Crippen molar-refractivity contribution in [1.29, 1.82) is 0 Å². The number of hydrogen-bond acceptors (Lipinski definition) is 5. The van der Waals surface area contributed by atoms with Gasteiger partial charge in [-0.2, -0.15) is 0 Å². The average Bonchev–Trinajstić information content (AvgIpc) is 3.22. The van der Waals surface area contributed by atoms with Crippen molar-refractivity contribution in [1.82, 2.24) is 5.32 Å². The first-order chi connectivity index (χ1) is 14.4. The molecule has 2 aliphatic rings. The molecule has 1 heterocycles. The number of carbonyl (C=O) groups excluding carboxylic acids is 2. The van der Waals surface area contributed by atoms with E-state index in [9.17, 15) is 18.0 Å². The third-order valence-electron chi connectivity index (χ3n) is 5.21. The van der Waals surface area contributed by atoms with Crippen LogP contribution in [0.4, 0.5) is 16.2 Å². The molecule has 0 spiro atoms. The summed E-state index contributed by atoms with van der Waals surface area (Å²) in [5.41, 5.74) is 0.948. The van der Waals surface area contributed by atoms with Gasteiger partial charge >= 0.3 is 6.03 Å². The Morgan fingerprint density at radius 1 is 1.03 bits per heavy atom. The number of carbonyl (C=O) groups is 2. The molecule has 1 saturated heterocycles. The molecule has 9 heteroatoms. The second-order valence-corrected chi connectivity index (χ2v) is 9.09. The molecule has 1 aliphatic carbocycles. The van der Waals surface area contributed by atoms with Gasteiger partial charge in [-0.05, 0) is 62.1 Å². The molecule has 1 aliphatic heterocycles. The lowest BCUT2D eigenvalue weighted by molar-refractivity contribution is -0.120. The second-order valence-electron chi connectivity index (χ2n) is 7.41. The fourth-order valence-corrected chi connectivity index (χ4v) is 4.74. The summed E-state index contributed by atoms with van der Waals surface area (Å²) in [6.45, 7) is 0.281. The molecule has 8 nitrogen and oxygen atoms in total. The van der Waals surface area contributed by atoms with Crippen LogP contribution >= 0.6 is 0 Å². The number of anilines is 2. The Bertz CT molecular complexity index is 1050. The summed E-state index contributed by atoms with van der Waals surface area (Å²) in [5.74, 6) is 0.241. The van der Waals surface area contributed by atoms with Crippen LogP contribution < -0.4 is 19.7 Å². The summed E-state index contributed by atoms with van der Waals surface area (Å²) >= 11 is 0. The van der Waals surface area contributed by atoms with Crippen LogP contribution in [0.25, 0.3) is 0 Å². The molecule has 0 atom stereocenters. The largest absolute Gasteiger partial charge is 0.490 e. The van der Waals surface area contributed by atoms with Gasteiger partial charge < -0.3 is 4.74 Å². The maximum absolute atomic E-state index is 12.8. The minimum atomic E-state index is -3.79. The number of rotatable bonds is 6. The number of ether oxygens (including phenoxy) is 1. The van der Waals surface area contributed by atoms with E-state index in [1.165, 1.54) is 17.0 Å². The Morgan fingerprint density at radius 3 is 2.47 bits per heavy atom. The molecule has 0 aromatic heterocycles. The van der Waals surface area contributed by atoms with Crippen molar-refractivity contribution in [2.24, 2.45) is 0 Å². The Balaban J connectivity index is 1.45. The van der Waals surface area contributed by atoms with E-state index in [-0.39, 0.29) is 29.9 Å². The SMILES string of the molecule is O=C1CCN(c2ccc(NS(=O)(=O)c3cccc(OC4CCCC4)c3)cc2)C(=O)N1. The van der Waals surface area contributed by atoms with E-state index >= 15 is 0 Å². The van der Waals surface area contributed by atoms with Crippen molar-refractivity contribution < 1.29 is 22.7 Å². The first kappa shape index (κ1) is 20.2. The van der Waals surface area contributed by atoms with Crippen LogP contribution in [0.1, 0.15) is 32.1 Å². The van der Waals surface area contributed by atoms with Crippen LogP contribution in [0.5, 0.6) is 5.75 Å². The van der Waals surface area contributed by atoms with Crippen LogP contribution in [0.2, 0.25) is 0 Å². The van der Waals surface area contributed by atoms with Gasteiger partial charge in [0, 0.05) is 30.4 Å². The van der Waals surface area contributed by atoms with Gasteiger partial charge in [-0.1, -0.05) is 6.07 Å². The molecule has 158 valence electrons. The second kappa shape index (κ2) is 8.35. The van der Waals surface area contributed by atoms with Crippen LogP contribution in [0, 0.1) is 0 Å². The first-order valence-corrected chi connectivity index (χ1v) is 11.4. The summed E-state index contributed by atoms with van der Waals surface area (Å²) in [5, 5.41) is 2.26. The number of imide groups is 1. The van der Waals surface area contributed by atoms with Crippen LogP contribution in [-0.4, -0.2) is 33.0 Å². The number of sulfonamides is 1. The highest BCUT2D eigenvalue weighted by Crippen LogP contribution is 2.27. The van der Waals surface area contributed by atoms with E-state index in [0.29, 0.717) is 17.1 Å². The highest BCUT2D eigenvalue weighted by atomic mass is 32.2. The van der Waals surface area contributed by atoms with Crippen molar-refractivity contribution >= 4 is 33.3 Å². The zero-order valence-electron chi connectivity index (χ0n) is 16.3. The number of nitrogens with zero attached hydrogens (tertiary/aromatic N) is 1. The fourth-order valence-electron chi connectivity index (χ4n) is 3.65. The molecular weight excluding hydrogens is 406 g/mol. The van der Waals surface area contributed by atoms with Crippen molar-refractivity contribution in [3.63, 3.8) is 0 Å². The zero-order chi connectivity index (χ0) is 21.1. The monoisotopic (exact) mass is 429 g/mol. The van der Waals surface area contributed by atoms with Crippen LogP contribution in [0.15, 0.2) is 53.4 Å². The lowest BCUT2D eigenvalue weighted by Crippen LogP contribution is -2.49. The number of hydrogen-bond donors (Lipinski definition) is 2. The predicted molar refractivity (Wildman–Crippen MR) is 112 cm³/mol. The highest BCUT2D eigenvalue weighted by Gasteiger charge is 2.24. The number of amides is 3. The van der Waals surface area contributed by atoms with Crippen molar-refractivity contribution in [3.8, 4) is 5.75 Å².